The molecule has 0 aliphatic rings. The van der Waals surface area contributed by atoms with Crippen molar-refractivity contribution in [2.45, 2.75) is 97.7 Å². The second-order valence-electron chi connectivity index (χ2n) is 7.53. The topological polar surface area (TPSA) is 3.24 Å². The summed E-state index contributed by atoms with van der Waals surface area (Å²) in [5.41, 5.74) is 5.12. The van der Waals surface area contributed by atoms with Crippen molar-refractivity contribution in [2.75, 3.05) is 7.05 Å². The van der Waals surface area contributed by atoms with Gasteiger partial charge in [0.2, 0.25) is 0 Å². The van der Waals surface area contributed by atoms with Crippen molar-refractivity contribution in [1.29, 1.82) is 0 Å². The summed E-state index contributed by atoms with van der Waals surface area (Å²) in [6, 6.07) is 0. The molecule has 0 aromatic heterocycles. The van der Waals surface area contributed by atoms with E-state index < -0.39 is 17.2 Å². The van der Waals surface area contributed by atoms with Crippen LogP contribution in [0.15, 0.2) is 23.6 Å². The molecule has 0 saturated carbocycles. The maximum absolute atomic E-state index is 2.75. The summed E-state index contributed by atoms with van der Waals surface area (Å²) in [7, 11) is 0.124. The Morgan fingerprint density at radius 1 is 0.826 bits per heavy atom. The van der Waals surface area contributed by atoms with Gasteiger partial charge in [-0.1, -0.05) is 95.6 Å². The van der Waals surface area contributed by atoms with Crippen LogP contribution in [0, 0.1) is 0 Å². The molecule has 0 saturated heterocycles. The van der Waals surface area contributed by atoms with Gasteiger partial charge in [-0.2, -0.15) is 0 Å². The number of unbranched alkanes of at least 4 members (excludes halogenated alkanes) is 8. The SMILES string of the molecule is CCCCCC/C=C/[SiH](C)N(C)[Si](C)(C)/C=C/CCCCCC. The van der Waals surface area contributed by atoms with Crippen LogP contribution in [0.1, 0.15) is 78.1 Å². The molecule has 0 bridgehead atoms. The van der Waals surface area contributed by atoms with Gasteiger partial charge in [-0.25, -0.2) is 0 Å². The molecular weight excluding hydrogens is 310 g/mol. The van der Waals surface area contributed by atoms with Gasteiger partial charge in [0.1, 0.15) is 17.2 Å². The van der Waals surface area contributed by atoms with Crippen molar-refractivity contribution in [1.82, 2.24) is 4.23 Å². The Morgan fingerprint density at radius 2 is 1.35 bits per heavy atom. The Bertz CT molecular complexity index is 324. The molecule has 0 N–H and O–H groups in total. The minimum atomic E-state index is -1.36. The van der Waals surface area contributed by atoms with Crippen LogP contribution in [0.25, 0.3) is 0 Å². The first-order valence-corrected chi connectivity index (χ1v) is 15.4. The fourth-order valence-corrected chi connectivity index (χ4v) is 9.35. The van der Waals surface area contributed by atoms with E-state index in [4.69, 9.17) is 0 Å². The van der Waals surface area contributed by atoms with E-state index in [2.05, 4.69) is 68.3 Å². The van der Waals surface area contributed by atoms with Crippen LogP contribution in [0.5, 0.6) is 0 Å². The molecular formula is C20H43NSi2. The van der Waals surface area contributed by atoms with Gasteiger partial charge in [0.15, 0.2) is 0 Å². The van der Waals surface area contributed by atoms with Crippen LogP contribution in [0.2, 0.25) is 19.6 Å². The lowest BCUT2D eigenvalue weighted by Crippen LogP contribution is -2.51. The van der Waals surface area contributed by atoms with Crippen LogP contribution in [0.3, 0.4) is 0 Å². The highest BCUT2D eigenvalue weighted by atomic mass is 28.4. The average molecular weight is 354 g/mol. The third-order valence-corrected chi connectivity index (χ3v) is 13.0. The second kappa shape index (κ2) is 14.2. The summed E-state index contributed by atoms with van der Waals surface area (Å²) < 4.78 is 2.75. The van der Waals surface area contributed by atoms with Crippen molar-refractivity contribution >= 4 is 17.2 Å². The molecule has 1 unspecified atom stereocenters. The first kappa shape index (κ1) is 22.9. The van der Waals surface area contributed by atoms with Crippen LogP contribution in [-0.2, 0) is 0 Å². The van der Waals surface area contributed by atoms with Crippen molar-refractivity contribution in [3.63, 3.8) is 0 Å². The molecule has 0 heterocycles. The van der Waals surface area contributed by atoms with Crippen molar-refractivity contribution in [3.05, 3.63) is 23.6 Å². The van der Waals surface area contributed by atoms with E-state index >= 15 is 0 Å². The largest absolute Gasteiger partial charge is 0.345 e. The average Bonchev–Trinajstić information content (AvgIpc) is 2.53. The van der Waals surface area contributed by atoms with Crippen LogP contribution in [-0.4, -0.2) is 28.5 Å². The lowest BCUT2D eigenvalue weighted by molar-refractivity contribution is 0.674. The first-order chi connectivity index (χ1) is 11.0. The third-order valence-electron chi connectivity index (χ3n) is 4.91. The van der Waals surface area contributed by atoms with E-state index in [9.17, 15) is 0 Å². The Morgan fingerprint density at radius 3 is 1.87 bits per heavy atom. The zero-order valence-corrected chi connectivity index (χ0v) is 19.1. The normalized spacial score (nSPS) is 14.4. The quantitative estimate of drug-likeness (QED) is 0.251. The van der Waals surface area contributed by atoms with Crippen LogP contribution in [0.4, 0.5) is 0 Å². The van der Waals surface area contributed by atoms with Gasteiger partial charge in [-0.05, 0) is 32.7 Å². The predicted octanol–water partition coefficient (Wildman–Crippen LogP) is 6.61. The Labute approximate surface area is 150 Å². The minimum Gasteiger partial charge on any atom is -0.345 e. The Balaban J connectivity index is 4.13. The lowest BCUT2D eigenvalue weighted by Gasteiger charge is -2.34. The molecule has 0 rings (SSSR count). The highest BCUT2D eigenvalue weighted by Gasteiger charge is 2.26. The van der Waals surface area contributed by atoms with E-state index in [1.807, 2.05) is 0 Å². The summed E-state index contributed by atoms with van der Waals surface area (Å²) in [6.45, 7) is 12.0. The van der Waals surface area contributed by atoms with Crippen molar-refractivity contribution in [3.8, 4) is 0 Å². The second-order valence-corrected chi connectivity index (χ2v) is 15.0. The zero-order chi connectivity index (χ0) is 17.6. The molecule has 23 heavy (non-hydrogen) atoms. The van der Waals surface area contributed by atoms with Crippen molar-refractivity contribution < 1.29 is 0 Å². The number of rotatable bonds is 14. The molecule has 0 aliphatic carbocycles. The first-order valence-electron chi connectivity index (χ1n) is 10.0. The van der Waals surface area contributed by atoms with E-state index in [1.54, 1.807) is 0 Å². The van der Waals surface area contributed by atoms with Gasteiger partial charge in [0.05, 0.1) is 0 Å². The summed E-state index contributed by atoms with van der Waals surface area (Å²) in [4.78, 5) is 0. The van der Waals surface area contributed by atoms with Gasteiger partial charge < -0.3 is 4.23 Å². The third kappa shape index (κ3) is 12.0. The highest BCUT2D eigenvalue weighted by Crippen LogP contribution is 2.14. The molecule has 1 atom stereocenters. The number of allylic oxidation sites excluding steroid dienone is 2. The minimum absolute atomic E-state index is 0.887. The molecule has 0 fully saturated rings. The molecule has 0 spiro atoms. The molecule has 136 valence electrons. The smallest absolute Gasteiger partial charge is 0.139 e. The van der Waals surface area contributed by atoms with E-state index in [1.165, 1.54) is 64.2 Å². The molecule has 0 aromatic carbocycles. The van der Waals surface area contributed by atoms with Crippen molar-refractivity contribution in [2.24, 2.45) is 0 Å². The van der Waals surface area contributed by atoms with Gasteiger partial charge in [0.25, 0.3) is 0 Å². The number of nitrogens with zero attached hydrogens (tertiary/aromatic N) is 1. The lowest BCUT2D eigenvalue weighted by atomic mass is 10.2. The van der Waals surface area contributed by atoms with E-state index in [0.717, 1.165) is 0 Å². The van der Waals surface area contributed by atoms with Crippen LogP contribution < -0.4 is 0 Å². The summed E-state index contributed by atoms with van der Waals surface area (Å²) in [6.07, 6.45) is 18.5. The van der Waals surface area contributed by atoms with Gasteiger partial charge >= 0.3 is 0 Å². The fraction of sp³-hybridized carbons (Fsp3) is 0.800. The van der Waals surface area contributed by atoms with E-state index in [-0.39, 0.29) is 0 Å². The van der Waals surface area contributed by atoms with Gasteiger partial charge in [-0.15, -0.1) is 0 Å². The maximum atomic E-state index is 2.75. The molecule has 3 heteroatoms. The standard InChI is InChI=1S/C20H43NSi2/c1-7-9-11-13-15-17-19-22(4)21(3)23(5,6)20-18-16-14-12-10-8-2/h17-20,22H,7-16H2,1-6H3/b19-17+,20-18+. The highest BCUT2D eigenvalue weighted by molar-refractivity contribution is 6.88. The Hall–Kier alpha value is -0.126. The fourth-order valence-electron chi connectivity index (χ4n) is 2.81. The summed E-state index contributed by atoms with van der Waals surface area (Å²) in [5.74, 6) is 0. The molecule has 0 radical (unpaired) electrons. The van der Waals surface area contributed by atoms with Gasteiger partial charge in [-0.3, -0.25) is 0 Å². The maximum Gasteiger partial charge on any atom is 0.139 e. The summed E-state index contributed by atoms with van der Waals surface area (Å²) in [5, 5.41) is 0. The monoisotopic (exact) mass is 353 g/mol. The number of hydrogen-bond acceptors (Lipinski definition) is 1. The predicted molar refractivity (Wildman–Crippen MR) is 114 cm³/mol. The number of hydrogen-bond donors (Lipinski definition) is 0. The summed E-state index contributed by atoms with van der Waals surface area (Å²) >= 11 is 0. The zero-order valence-electron chi connectivity index (χ0n) is 16.9. The molecule has 0 aromatic rings. The Kier molecular flexibility index (Phi) is 14.2. The van der Waals surface area contributed by atoms with Gasteiger partial charge in [0, 0.05) is 0 Å². The van der Waals surface area contributed by atoms with E-state index in [0.29, 0.717) is 0 Å². The molecule has 0 amide bonds. The van der Waals surface area contributed by atoms with Crippen LogP contribution >= 0.6 is 0 Å². The molecule has 0 aliphatic heterocycles. The molecule has 1 nitrogen and oxygen atoms in total.